The van der Waals surface area contributed by atoms with Gasteiger partial charge in [-0.3, -0.25) is 5.32 Å². The zero-order valence-electron chi connectivity index (χ0n) is 5.06. The molecule has 0 aliphatic heterocycles. The second-order valence-electron chi connectivity index (χ2n) is 1.70. The van der Waals surface area contributed by atoms with E-state index in [-0.39, 0.29) is 12.8 Å². The molecule has 0 amide bonds. The zero-order chi connectivity index (χ0) is 6.41. The molecule has 0 aromatic carbocycles. The fourth-order valence-corrected chi connectivity index (χ4v) is 0.478. The monoisotopic (exact) mass is 115 g/mol. The van der Waals surface area contributed by atoms with Crippen molar-refractivity contribution in [3.63, 3.8) is 0 Å². The molecule has 0 bridgehead atoms. The van der Waals surface area contributed by atoms with Gasteiger partial charge in [0.15, 0.2) is 0 Å². The third-order valence-electron chi connectivity index (χ3n) is 0.933. The number of rotatable bonds is 4. The van der Waals surface area contributed by atoms with Crippen molar-refractivity contribution in [2.24, 2.45) is 0 Å². The molecule has 8 heavy (non-hydrogen) atoms. The molecule has 2 radical (unpaired) electrons. The van der Waals surface area contributed by atoms with Crippen LogP contribution in [0.3, 0.4) is 0 Å². The van der Waals surface area contributed by atoms with Crippen molar-refractivity contribution in [1.82, 2.24) is 5.32 Å². The van der Waals surface area contributed by atoms with Crippen LogP contribution in [0.1, 0.15) is 12.8 Å². The van der Waals surface area contributed by atoms with Crippen molar-refractivity contribution in [2.75, 3.05) is 6.73 Å². The number of aliphatic hydroxyl groups excluding tert-OH is 1. The van der Waals surface area contributed by atoms with Crippen LogP contribution in [0, 0.1) is 13.8 Å². The summed E-state index contributed by atoms with van der Waals surface area (Å²) in [5, 5.41) is 11.0. The van der Waals surface area contributed by atoms with E-state index in [4.69, 9.17) is 5.11 Å². The summed E-state index contributed by atoms with van der Waals surface area (Å²) >= 11 is 0. The Labute approximate surface area is 50.9 Å². The summed E-state index contributed by atoms with van der Waals surface area (Å²) in [5.41, 5.74) is 0. The van der Waals surface area contributed by atoms with Crippen molar-refractivity contribution >= 4 is 0 Å². The van der Waals surface area contributed by atoms with Crippen molar-refractivity contribution < 1.29 is 5.11 Å². The summed E-state index contributed by atoms with van der Waals surface area (Å²) in [6, 6.07) is 0.150. The minimum absolute atomic E-state index is 0.00810. The maximum Gasteiger partial charge on any atom is 0.0933 e. The molecule has 0 aromatic heterocycles. The predicted molar refractivity (Wildman–Crippen MR) is 34.0 cm³/mol. The van der Waals surface area contributed by atoms with Gasteiger partial charge in [0.05, 0.1) is 6.73 Å². The summed E-state index contributed by atoms with van der Waals surface area (Å²) in [4.78, 5) is 0. The quantitative estimate of drug-likeness (QED) is 0.518. The molecule has 2 N–H and O–H groups in total. The number of aliphatic hydroxyl groups is 1. The molecule has 0 heterocycles. The molecule has 48 valence electrons. The largest absolute Gasteiger partial charge is 0.381 e. The van der Waals surface area contributed by atoms with Gasteiger partial charge < -0.3 is 5.11 Å². The van der Waals surface area contributed by atoms with Crippen molar-refractivity contribution in [1.29, 1.82) is 0 Å². The molecule has 0 saturated carbocycles. The van der Waals surface area contributed by atoms with Crippen LogP contribution in [0.2, 0.25) is 0 Å². The molecule has 2 nitrogen and oxygen atoms in total. The molecule has 0 fully saturated rings. The van der Waals surface area contributed by atoms with Gasteiger partial charge in [0.1, 0.15) is 0 Å². The molecule has 0 aromatic rings. The first-order valence-corrected chi connectivity index (χ1v) is 2.77. The Morgan fingerprint density at radius 1 is 1.62 bits per heavy atom. The first-order chi connectivity index (χ1) is 3.81. The standard InChI is InChI=1S/C6H13NO/c1-3-4-6(2)7-5-8/h6-8H,1-5H2. The van der Waals surface area contributed by atoms with Crippen molar-refractivity contribution in [2.45, 2.75) is 18.9 Å². The lowest BCUT2D eigenvalue weighted by molar-refractivity contribution is 0.247. The Balaban J connectivity index is 2.92. The summed E-state index contributed by atoms with van der Waals surface area (Å²) in [5.74, 6) is 0. The Morgan fingerprint density at radius 3 is 2.62 bits per heavy atom. The van der Waals surface area contributed by atoms with Crippen LogP contribution in [0.4, 0.5) is 0 Å². The minimum Gasteiger partial charge on any atom is -0.381 e. The van der Waals surface area contributed by atoms with E-state index in [9.17, 15) is 0 Å². The van der Waals surface area contributed by atoms with Gasteiger partial charge in [-0.1, -0.05) is 13.3 Å². The van der Waals surface area contributed by atoms with Crippen LogP contribution in [0.25, 0.3) is 0 Å². The Hall–Kier alpha value is -0.0800. The highest BCUT2D eigenvalue weighted by Gasteiger charge is 1.94. The van der Waals surface area contributed by atoms with Crippen LogP contribution < -0.4 is 5.32 Å². The van der Waals surface area contributed by atoms with Crippen molar-refractivity contribution in [3.05, 3.63) is 13.8 Å². The van der Waals surface area contributed by atoms with E-state index in [2.05, 4.69) is 19.2 Å². The second kappa shape index (κ2) is 5.06. The van der Waals surface area contributed by atoms with E-state index in [0.717, 1.165) is 12.8 Å². The summed E-state index contributed by atoms with van der Waals surface area (Å²) in [6.45, 7) is 7.36. The average molecular weight is 115 g/mol. The number of hydrogen-bond donors (Lipinski definition) is 2. The predicted octanol–water partition coefficient (Wildman–Crippen LogP) is 0.343. The van der Waals surface area contributed by atoms with E-state index in [1.165, 1.54) is 0 Å². The minimum atomic E-state index is 0.00810. The van der Waals surface area contributed by atoms with Gasteiger partial charge >= 0.3 is 0 Å². The molecule has 0 spiro atoms. The third-order valence-corrected chi connectivity index (χ3v) is 0.933. The van der Waals surface area contributed by atoms with Crippen LogP contribution >= 0.6 is 0 Å². The Bertz CT molecular complexity index is 41.8. The molecule has 0 saturated heterocycles. The van der Waals surface area contributed by atoms with Gasteiger partial charge in [-0.05, 0) is 13.3 Å². The molecular weight excluding hydrogens is 102 g/mol. The zero-order valence-corrected chi connectivity index (χ0v) is 5.06. The average Bonchev–Trinajstić information content (AvgIpc) is 1.68. The summed E-state index contributed by atoms with van der Waals surface area (Å²) in [7, 11) is 0. The van der Waals surface area contributed by atoms with Crippen molar-refractivity contribution in [3.8, 4) is 0 Å². The van der Waals surface area contributed by atoms with Crippen LogP contribution in [0.5, 0.6) is 0 Å². The van der Waals surface area contributed by atoms with Gasteiger partial charge in [-0.15, -0.1) is 0 Å². The van der Waals surface area contributed by atoms with Crippen LogP contribution in [-0.2, 0) is 0 Å². The van der Waals surface area contributed by atoms with Crippen LogP contribution in [-0.4, -0.2) is 17.9 Å². The Morgan fingerprint density at radius 2 is 2.25 bits per heavy atom. The molecule has 1 unspecified atom stereocenters. The molecular formula is C6H13NO. The highest BCUT2D eigenvalue weighted by Crippen LogP contribution is 1.91. The van der Waals surface area contributed by atoms with Gasteiger partial charge in [0.25, 0.3) is 0 Å². The first kappa shape index (κ1) is 7.92. The molecule has 0 rings (SSSR count). The topological polar surface area (TPSA) is 32.3 Å². The molecule has 0 aliphatic carbocycles. The fourth-order valence-electron chi connectivity index (χ4n) is 0.478. The summed E-state index contributed by atoms with van der Waals surface area (Å²) in [6.07, 6.45) is 1.78. The molecule has 2 heteroatoms. The van der Waals surface area contributed by atoms with E-state index in [0.29, 0.717) is 0 Å². The molecule has 0 aliphatic rings. The van der Waals surface area contributed by atoms with Gasteiger partial charge in [0, 0.05) is 6.04 Å². The summed E-state index contributed by atoms with van der Waals surface area (Å²) < 4.78 is 0. The lowest BCUT2D eigenvalue weighted by Gasteiger charge is -2.07. The lowest BCUT2D eigenvalue weighted by atomic mass is 10.2. The van der Waals surface area contributed by atoms with E-state index < -0.39 is 0 Å². The van der Waals surface area contributed by atoms with Crippen LogP contribution in [0.15, 0.2) is 0 Å². The maximum absolute atomic E-state index is 8.29. The first-order valence-electron chi connectivity index (χ1n) is 2.77. The number of nitrogens with one attached hydrogen (secondary N) is 1. The lowest BCUT2D eigenvalue weighted by Crippen LogP contribution is -2.26. The highest BCUT2D eigenvalue weighted by molar-refractivity contribution is 4.66. The smallest absolute Gasteiger partial charge is 0.0933 e. The molecule has 1 atom stereocenters. The van der Waals surface area contributed by atoms with E-state index in [1.807, 2.05) is 0 Å². The highest BCUT2D eigenvalue weighted by atomic mass is 16.3. The second-order valence-corrected chi connectivity index (χ2v) is 1.70. The van der Waals surface area contributed by atoms with Gasteiger partial charge in [-0.25, -0.2) is 0 Å². The SMILES string of the molecule is [CH2]CCC([CH2])NCO. The fraction of sp³-hybridized carbons (Fsp3) is 0.667. The van der Waals surface area contributed by atoms with E-state index in [1.54, 1.807) is 0 Å². The Kier molecular flexibility index (Phi) is 5.01. The normalized spacial score (nSPS) is 13.9. The van der Waals surface area contributed by atoms with Gasteiger partial charge in [0.2, 0.25) is 0 Å². The van der Waals surface area contributed by atoms with E-state index >= 15 is 0 Å². The number of hydrogen-bond acceptors (Lipinski definition) is 2. The maximum atomic E-state index is 8.29. The van der Waals surface area contributed by atoms with Gasteiger partial charge in [-0.2, -0.15) is 0 Å². The third kappa shape index (κ3) is 4.09.